The number of hydrogen-bond acceptors (Lipinski definition) is 3. The molecule has 1 aliphatic heterocycles. The highest BCUT2D eigenvalue weighted by Crippen LogP contribution is 2.45. The number of benzene rings is 3. The Morgan fingerprint density at radius 3 is 2.43 bits per heavy atom. The lowest BCUT2D eigenvalue weighted by molar-refractivity contribution is -0.118. The highest BCUT2D eigenvalue weighted by Gasteiger charge is 2.36. The van der Waals surface area contributed by atoms with Crippen molar-refractivity contribution in [3.05, 3.63) is 105 Å². The van der Waals surface area contributed by atoms with Crippen molar-refractivity contribution in [2.45, 2.75) is 19.3 Å². The second kappa shape index (κ2) is 7.38. The molecule has 2 heterocycles. The minimum Gasteiger partial charge on any atom is -0.289 e. The van der Waals surface area contributed by atoms with Crippen molar-refractivity contribution in [1.82, 2.24) is 0 Å². The number of carbonyl (C=O) groups is 1. The minimum atomic E-state index is -0.267. The van der Waals surface area contributed by atoms with E-state index < -0.39 is 0 Å². The van der Waals surface area contributed by atoms with Crippen molar-refractivity contribution < 1.29 is 4.79 Å². The maximum Gasteiger partial charge on any atom is 0.233 e. The zero-order valence-corrected chi connectivity index (χ0v) is 17.8. The summed E-state index contributed by atoms with van der Waals surface area (Å²) in [6.45, 7) is 2.03. The van der Waals surface area contributed by atoms with Gasteiger partial charge in [0.15, 0.2) is 5.43 Å². The second-order valence-electron chi connectivity index (χ2n) is 7.52. The smallest absolute Gasteiger partial charge is 0.233 e. The highest BCUT2D eigenvalue weighted by molar-refractivity contribution is 7.22. The van der Waals surface area contributed by atoms with E-state index >= 15 is 0 Å². The molecule has 1 aliphatic rings. The molecule has 30 heavy (non-hydrogen) atoms. The number of carbonyl (C=O) groups excluding carboxylic acids is 1. The lowest BCUT2D eigenvalue weighted by atomic mass is 9.85. The van der Waals surface area contributed by atoms with Gasteiger partial charge < -0.3 is 0 Å². The maximum atomic E-state index is 13.6. The highest BCUT2D eigenvalue weighted by atomic mass is 35.5. The third-order valence-electron chi connectivity index (χ3n) is 5.54. The molecule has 1 aromatic heterocycles. The summed E-state index contributed by atoms with van der Waals surface area (Å²) < 4.78 is 0.782. The number of aryl methyl sites for hydroxylation is 1. The molecule has 148 valence electrons. The summed E-state index contributed by atoms with van der Waals surface area (Å²) in [5.41, 5.74) is 3.55. The first-order chi connectivity index (χ1) is 14.5. The Hall–Kier alpha value is -2.95. The van der Waals surface area contributed by atoms with Gasteiger partial charge >= 0.3 is 0 Å². The Bertz CT molecular complexity index is 1330. The van der Waals surface area contributed by atoms with Gasteiger partial charge in [0.2, 0.25) is 5.91 Å². The van der Waals surface area contributed by atoms with E-state index in [1.807, 2.05) is 61.5 Å². The lowest BCUT2D eigenvalue weighted by Crippen LogP contribution is -2.35. The summed E-state index contributed by atoms with van der Waals surface area (Å²) in [6, 6.07) is 22.9. The summed E-state index contributed by atoms with van der Waals surface area (Å²) in [7, 11) is 0. The number of para-hydroxylation sites is 1. The van der Waals surface area contributed by atoms with Gasteiger partial charge in [0.25, 0.3) is 0 Å². The molecule has 0 radical (unpaired) electrons. The predicted octanol–water partition coefficient (Wildman–Crippen LogP) is 6.42. The van der Waals surface area contributed by atoms with Crippen LogP contribution in [0.4, 0.5) is 10.7 Å². The average Bonchev–Trinajstić information content (AvgIpc) is 2.74. The summed E-state index contributed by atoms with van der Waals surface area (Å²) >= 11 is 7.65. The van der Waals surface area contributed by atoms with E-state index in [0.29, 0.717) is 21.0 Å². The summed E-state index contributed by atoms with van der Waals surface area (Å²) in [6.07, 6.45) is 0.256. The van der Waals surface area contributed by atoms with E-state index in [-0.39, 0.29) is 23.7 Å². The number of hydrogen-bond donors (Lipinski definition) is 0. The summed E-state index contributed by atoms with van der Waals surface area (Å²) in [5.74, 6) is -0.284. The first kappa shape index (κ1) is 19.0. The minimum absolute atomic E-state index is 0.0173. The molecular formula is C25H18ClNO2S. The Morgan fingerprint density at radius 2 is 1.70 bits per heavy atom. The average molecular weight is 432 g/mol. The fraction of sp³-hybridized carbons (Fsp3) is 0.120. The van der Waals surface area contributed by atoms with Crippen molar-refractivity contribution in [3.8, 4) is 0 Å². The van der Waals surface area contributed by atoms with Gasteiger partial charge in [0, 0.05) is 38.7 Å². The molecule has 1 amide bonds. The Labute approximate surface area is 183 Å². The molecule has 5 heteroatoms. The van der Waals surface area contributed by atoms with Gasteiger partial charge in [-0.3, -0.25) is 14.5 Å². The van der Waals surface area contributed by atoms with E-state index in [1.165, 1.54) is 11.3 Å². The molecular weight excluding hydrogens is 414 g/mol. The molecule has 0 saturated carbocycles. The van der Waals surface area contributed by atoms with Crippen molar-refractivity contribution in [3.63, 3.8) is 0 Å². The Kier molecular flexibility index (Phi) is 4.69. The van der Waals surface area contributed by atoms with E-state index in [4.69, 9.17) is 11.6 Å². The van der Waals surface area contributed by atoms with Crippen LogP contribution in [-0.4, -0.2) is 5.91 Å². The number of rotatable bonds is 2. The molecule has 3 nitrogen and oxygen atoms in total. The molecule has 0 saturated heterocycles. The van der Waals surface area contributed by atoms with Gasteiger partial charge in [0.05, 0.1) is 0 Å². The fourth-order valence-electron chi connectivity index (χ4n) is 4.05. The van der Waals surface area contributed by atoms with Crippen LogP contribution in [0.3, 0.4) is 0 Å². The third kappa shape index (κ3) is 3.13. The van der Waals surface area contributed by atoms with Gasteiger partial charge in [0.1, 0.15) is 5.00 Å². The van der Waals surface area contributed by atoms with Crippen LogP contribution in [0.2, 0.25) is 5.02 Å². The molecule has 0 aliphatic carbocycles. The molecule has 0 fully saturated rings. The van der Waals surface area contributed by atoms with E-state index in [1.54, 1.807) is 23.1 Å². The largest absolute Gasteiger partial charge is 0.289 e. The monoisotopic (exact) mass is 431 g/mol. The van der Waals surface area contributed by atoms with E-state index in [9.17, 15) is 9.59 Å². The molecule has 4 aromatic rings. The maximum absolute atomic E-state index is 13.6. The van der Waals surface area contributed by atoms with Gasteiger partial charge in [-0.15, -0.1) is 11.3 Å². The standard InChI is InChI=1S/C25H18ClNO2S/c1-15-7-9-16(10-8-15)20-14-22(28)27(18-5-3-2-4-6-18)25-23(20)24(29)19-12-11-17(26)13-21(19)30-25/h2-13,20H,14H2,1H3. The number of fused-ring (bicyclic) bond motifs is 2. The molecule has 0 N–H and O–H groups in total. The van der Waals surface area contributed by atoms with Gasteiger partial charge in [-0.2, -0.15) is 0 Å². The van der Waals surface area contributed by atoms with Gasteiger partial charge in [-0.25, -0.2) is 0 Å². The van der Waals surface area contributed by atoms with E-state index in [2.05, 4.69) is 0 Å². The zero-order valence-electron chi connectivity index (χ0n) is 16.3. The van der Waals surface area contributed by atoms with E-state index in [0.717, 1.165) is 21.5 Å². The molecule has 0 spiro atoms. The van der Waals surface area contributed by atoms with Crippen molar-refractivity contribution >= 4 is 49.6 Å². The molecule has 3 aromatic carbocycles. The zero-order chi connectivity index (χ0) is 20.8. The Balaban J connectivity index is 1.82. The predicted molar refractivity (Wildman–Crippen MR) is 124 cm³/mol. The second-order valence-corrected chi connectivity index (χ2v) is 8.99. The van der Waals surface area contributed by atoms with Crippen LogP contribution in [0.15, 0.2) is 77.6 Å². The lowest BCUT2D eigenvalue weighted by Gasteiger charge is -2.33. The Morgan fingerprint density at radius 1 is 0.967 bits per heavy atom. The van der Waals surface area contributed by atoms with Crippen LogP contribution < -0.4 is 10.3 Å². The fourth-order valence-corrected chi connectivity index (χ4v) is 5.59. The van der Waals surface area contributed by atoms with Crippen LogP contribution in [-0.2, 0) is 4.79 Å². The number of anilines is 2. The summed E-state index contributed by atoms with van der Waals surface area (Å²) in [5, 5.41) is 1.90. The van der Waals surface area contributed by atoms with Gasteiger partial charge in [-0.1, -0.05) is 59.6 Å². The van der Waals surface area contributed by atoms with Crippen LogP contribution in [0.5, 0.6) is 0 Å². The number of amides is 1. The normalized spacial score (nSPS) is 16.0. The van der Waals surface area contributed by atoms with Crippen molar-refractivity contribution in [1.29, 1.82) is 0 Å². The molecule has 0 bridgehead atoms. The van der Waals surface area contributed by atoms with Crippen molar-refractivity contribution in [2.24, 2.45) is 0 Å². The third-order valence-corrected chi connectivity index (χ3v) is 6.93. The van der Waals surface area contributed by atoms with Crippen LogP contribution in [0.1, 0.15) is 29.0 Å². The summed E-state index contributed by atoms with van der Waals surface area (Å²) in [4.78, 5) is 28.7. The number of halogens is 1. The van der Waals surface area contributed by atoms with Crippen molar-refractivity contribution in [2.75, 3.05) is 4.90 Å². The van der Waals surface area contributed by atoms with Gasteiger partial charge in [-0.05, 0) is 42.8 Å². The molecule has 1 unspecified atom stereocenters. The van der Waals surface area contributed by atoms with Crippen LogP contribution in [0, 0.1) is 6.92 Å². The topological polar surface area (TPSA) is 37.4 Å². The number of nitrogens with zero attached hydrogens (tertiary/aromatic N) is 1. The first-order valence-electron chi connectivity index (χ1n) is 9.74. The molecule has 1 atom stereocenters. The SMILES string of the molecule is Cc1ccc(C2CC(=O)N(c3ccccc3)c3sc4cc(Cl)ccc4c(=O)c32)cc1. The quantitative estimate of drug-likeness (QED) is 0.367. The first-order valence-corrected chi connectivity index (χ1v) is 10.9. The molecule has 5 rings (SSSR count). The van der Waals surface area contributed by atoms with Crippen LogP contribution >= 0.6 is 22.9 Å². The van der Waals surface area contributed by atoms with Crippen LogP contribution in [0.25, 0.3) is 10.1 Å².